The average molecular weight is 488 g/mol. The maximum Gasteiger partial charge on any atom is 0.339 e. The van der Waals surface area contributed by atoms with Crippen molar-refractivity contribution < 1.29 is 19.1 Å². The molecular formula is C29H33N3O4. The Balaban J connectivity index is 1.23. The molecule has 7 nitrogen and oxygen atoms in total. The van der Waals surface area contributed by atoms with Gasteiger partial charge in [0.1, 0.15) is 0 Å². The van der Waals surface area contributed by atoms with E-state index in [2.05, 4.69) is 23.2 Å². The molecule has 5 rings (SSSR count). The van der Waals surface area contributed by atoms with E-state index < -0.39 is 5.97 Å². The van der Waals surface area contributed by atoms with E-state index in [4.69, 9.17) is 14.5 Å². The number of hydrogen-bond acceptors (Lipinski definition) is 6. The predicted octanol–water partition coefficient (Wildman–Crippen LogP) is 3.67. The van der Waals surface area contributed by atoms with E-state index in [9.17, 15) is 9.59 Å². The summed E-state index contributed by atoms with van der Waals surface area (Å²) in [5.74, 6) is -0.292. The number of aryl methyl sites for hydroxylation is 1. The molecule has 0 radical (unpaired) electrons. The molecule has 7 heteroatoms. The lowest BCUT2D eigenvalue weighted by molar-refractivity contribution is -0.124. The Morgan fingerprint density at radius 3 is 2.67 bits per heavy atom. The number of fused-ring (bicyclic) bond motifs is 2. The Bertz CT molecular complexity index is 1250. The maximum atomic E-state index is 13.2. The SMILES string of the molecule is CC1CCc2nc3ccccc3c(C(=O)OCC(=O)NCc3ccccc3CN3CCOCC3)c2C1. The van der Waals surface area contributed by atoms with Crippen LogP contribution >= 0.6 is 0 Å². The topological polar surface area (TPSA) is 80.8 Å². The molecule has 1 saturated heterocycles. The standard InChI is InChI=1S/C29H33N3O4/c1-20-10-11-26-24(16-20)28(23-8-4-5-9-25(23)31-26)29(34)36-19-27(33)30-17-21-6-2-3-7-22(21)18-32-12-14-35-15-13-32/h2-9,20H,10-19H2,1H3,(H,30,33). The molecule has 0 spiro atoms. The minimum atomic E-state index is -0.457. The van der Waals surface area contributed by atoms with Gasteiger partial charge in [-0.2, -0.15) is 0 Å². The molecule has 1 atom stereocenters. The number of ether oxygens (including phenoxy) is 2. The van der Waals surface area contributed by atoms with E-state index in [0.29, 0.717) is 18.0 Å². The molecule has 1 aliphatic carbocycles. The van der Waals surface area contributed by atoms with Gasteiger partial charge < -0.3 is 14.8 Å². The van der Waals surface area contributed by atoms with Crippen molar-refractivity contribution in [2.75, 3.05) is 32.9 Å². The predicted molar refractivity (Wildman–Crippen MR) is 138 cm³/mol. The number of carbonyl (C=O) groups excluding carboxylic acids is 2. The second-order valence-corrected chi connectivity index (χ2v) is 9.79. The Morgan fingerprint density at radius 2 is 1.83 bits per heavy atom. The van der Waals surface area contributed by atoms with Crippen molar-refractivity contribution in [1.82, 2.24) is 15.2 Å². The molecule has 2 heterocycles. The lowest BCUT2D eigenvalue weighted by Crippen LogP contribution is -2.36. The summed E-state index contributed by atoms with van der Waals surface area (Å²) >= 11 is 0. The molecule has 1 N–H and O–H groups in total. The molecule has 2 aliphatic rings. The first kappa shape index (κ1) is 24.4. The van der Waals surface area contributed by atoms with Crippen LogP contribution in [0.25, 0.3) is 10.9 Å². The third kappa shape index (κ3) is 5.58. The maximum absolute atomic E-state index is 13.2. The minimum Gasteiger partial charge on any atom is -0.452 e. The zero-order chi connectivity index (χ0) is 24.9. The Hall–Kier alpha value is -3.29. The van der Waals surface area contributed by atoms with Crippen molar-refractivity contribution in [1.29, 1.82) is 0 Å². The number of pyridine rings is 1. The van der Waals surface area contributed by atoms with Crippen molar-refractivity contribution in [3.8, 4) is 0 Å². The third-order valence-corrected chi connectivity index (χ3v) is 7.14. The zero-order valence-electron chi connectivity index (χ0n) is 20.8. The number of esters is 1. The van der Waals surface area contributed by atoms with Gasteiger partial charge in [-0.1, -0.05) is 49.4 Å². The number of nitrogens with zero attached hydrogens (tertiary/aromatic N) is 2. The molecule has 3 aromatic rings. The highest BCUT2D eigenvalue weighted by atomic mass is 16.5. The third-order valence-electron chi connectivity index (χ3n) is 7.14. The Labute approximate surface area is 211 Å². The van der Waals surface area contributed by atoms with Crippen LogP contribution in [0.5, 0.6) is 0 Å². The van der Waals surface area contributed by atoms with Crippen LogP contribution in [0, 0.1) is 5.92 Å². The lowest BCUT2D eigenvalue weighted by Gasteiger charge is -2.27. The summed E-state index contributed by atoms with van der Waals surface area (Å²) in [6.45, 7) is 6.40. The van der Waals surface area contributed by atoms with Crippen LogP contribution in [0.3, 0.4) is 0 Å². The van der Waals surface area contributed by atoms with Crippen LogP contribution in [0.15, 0.2) is 48.5 Å². The summed E-state index contributed by atoms with van der Waals surface area (Å²) in [6.07, 6.45) is 2.71. The van der Waals surface area contributed by atoms with Crippen LogP contribution in [0.1, 0.15) is 46.1 Å². The molecule has 2 aromatic carbocycles. The van der Waals surface area contributed by atoms with Crippen molar-refractivity contribution >= 4 is 22.8 Å². The summed E-state index contributed by atoms with van der Waals surface area (Å²) in [5.41, 5.74) is 5.53. The van der Waals surface area contributed by atoms with Gasteiger partial charge in [0, 0.05) is 37.3 Å². The van der Waals surface area contributed by atoms with Gasteiger partial charge >= 0.3 is 5.97 Å². The molecular weight excluding hydrogens is 454 g/mol. The van der Waals surface area contributed by atoms with E-state index in [0.717, 1.165) is 79.8 Å². The Morgan fingerprint density at radius 1 is 1.08 bits per heavy atom. The van der Waals surface area contributed by atoms with Gasteiger partial charge in [0.25, 0.3) is 5.91 Å². The van der Waals surface area contributed by atoms with Crippen LogP contribution in [0.4, 0.5) is 0 Å². The molecule has 188 valence electrons. The molecule has 1 aromatic heterocycles. The number of hydrogen-bond donors (Lipinski definition) is 1. The fourth-order valence-corrected chi connectivity index (χ4v) is 5.13. The number of aromatic nitrogens is 1. The molecule has 1 aliphatic heterocycles. The number of carbonyl (C=O) groups is 2. The summed E-state index contributed by atoms with van der Waals surface area (Å²) < 4.78 is 11.0. The highest BCUT2D eigenvalue weighted by Crippen LogP contribution is 2.32. The smallest absolute Gasteiger partial charge is 0.339 e. The number of nitrogens with one attached hydrogen (secondary N) is 1. The second-order valence-electron chi connectivity index (χ2n) is 9.79. The molecule has 0 bridgehead atoms. The van der Waals surface area contributed by atoms with Gasteiger partial charge in [-0.15, -0.1) is 0 Å². The minimum absolute atomic E-state index is 0.314. The highest BCUT2D eigenvalue weighted by molar-refractivity contribution is 6.05. The molecule has 36 heavy (non-hydrogen) atoms. The lowest BCUT2D eigenvalue weighted by atomic mass is 9.84. The van der Waals surface area contributed by atoms with Crippen molar-refractivity contribution in [2.45, 2.75) is 39.3 Å². The number of para-hydroxylation sites is 1. The summed E-state index contributed by atoms with van der Waals surface area (Å²) in [4.78, 5) is 33.0. The van der Waals surface area contributed by atoms with Crippen LogP contribution in [-0.4, -0.2) is 54.7 Å². The van der Waals surface area contributed by atoms with Crippen LogP contribution in [0.2, 0.25) is 0 Å². The first-order valence-electron chi connectivity index (χ1n) is 12.8. The normalized spacial score (nSPS) is 18.0. The first-order valence-corrected chi connectivity index (χ1v) is 12.8. The average Bonchev–Trinajstić information content (AvgIpc) is 2.90. The summed E-state index contributed by atoms with van der Waals surface area (Å²) in [5, 5.41) is 3.70. The fraction of sp³-hybridized carbons (Fsp3) is 0.414. The van der Waals surface area contributed by atoms with Gasteiger partial charge in [-0.05, 0) is 47.9 Å². The van der Waals surface area contributed by atoms with E-state index in [1.54, 1.807) is 0 Å². The number of amides is 1. The van der Waals surface area contributed by atoms with Crippen LogP contribution < -0.4 is 5.32 Å². The zero-order valence-corrected chi connectivity index (χ0v) is 20.8. The van der Waals surface area contributed by atoms with Gasteiger partial charge in [-0.25, -0.2) is 4.79 Å². The van der Waals surface area contributed by atoms with Crippen molar-refractivity contribution in [3.05, 3.63) is 76.5 Å². The molecule has 1 fully saturated rings. The molecule has 0 saturated carbocycles. The van der Waals surface area contributed by atoms with Crippen molar-refractivity contribution in [2.24, 2.45) is 5.92 Å². The van der Waals surface area contributed by atoms with Crippen LogP contribution in [-0.2, 0) is 40.2 Å². The first-order chi connectivity index (χ1) is 17.6. The summed E-state index contributed by atoms with van der Waals surface area (Å²) in [7, 11) is 0. The number of benzene rings is 2. The van der Waals surface area contributed by atoms with E-state index in [-0.39, 0.29) is 12.5 Å². The highest BCUT2D eigenvalue weighted by Gasteiger charge is 2.26. The van der Waals surface area contributed by atoms with Crippen molar-refractivity contribution in [3.63, 3.8) is 0 Å². The van der Waals surface area contributed by atoms with E-state index in [1.807, 2.05) is 42.5 Å². The molecule has 1 unspecified atom stereocenters. The van der Waals surface area contributed by atoms with E-state index >= 15 is 0 Å². The summed E-state index contributed by atoms with van der Waals surface area (Å²) in [6, 6.07) is 15.8. The number of rotatable bonds is 7. The fourth-order valence-electron chi connectivity index (χ4n) is 5.13. The van der Waals surface area contributed by atoms with Gasteiger partial charge in [0.2, 0.25) is 0 Å². The Kier molecular flexibility index (Phi) is 7.58. The van der Waals surface area contributed by atoms with E-state index in [1.165, 1.54) is 5.56 Å². The largest absolute Gasteiger partial charge is 0.452 e. The monoisotopic (exact) mass is 487 g/mol. The quantitative estimate of drug-likeness (QED) is 0.513. The van der Waals surface area contributed by atoms with Gasteiger partial charge in [0.15, 0.2) is 6.61 Å². The van der Waals surface area contributed by atoms with Gasteiger partial charge in [-0.3, -0.25) is 14.7 Å². The van der Waals surface area contributed by atoms with Gasteiger partial charge in [0.05, 0.1) is 24.3 Å². The second kappa shape index (κ2) is 11.2. The number of morpholine rings is 1. The molecule has 1 amide bonds.